The summed E-state index contributed by atoms with van der Waals surface area (Å²) in [5, 5.41) is 0. The maximum atomic E-state index is 5.19. The maximum Gasteiger partial charge on any atom is 0.126 e. The van der Waals surface area contributed by atoms with E-state index in [0.29, 0.717) is 0 Å². The first-order chi connectivity index (χ1) is 6.31. The number of benzene rings is 1. The molecule has 2 heteroatoms. The summed E-state index contributed by atoms with van der Waals surface area (Å²) < 4.78 is 10.3. The Morgan fingerprint density at radius 1 is 1.15 bits per heavy atom. The van der Waals surface area contributed by atoms with Crippen LogP contribution in [-0.2, 0) is 0 Å². The largest absolute Gasteiger partial charge is 0.497 e. The molecule has 0 radical (unpaired) electrons. The first kappa shape index (κ1) is 9.65. The third-order valence-electron chi connectivity index (χ3n) is 1.78. The Labute approximate surface area is 78.8 Å². The van der Waals surface area contributed by atoms with Crippen LogP contribution in [0.25, 0.3) is 6.08 Å². The van der Waals surface area contributed by atoms with Crippen LogP contribution in [0, 0.1) is 0 Å². The van der Waals surface area contributed by atoms with Crippen molar-refractivity contribution in [3.8, 4) is 11.5 Å². The van der Waals surface area contributed by atoms with Crippen molar-refractivity contribution in [3.63, 3.8) is 0 Å². The Hall–Kier alpha value is -1.44. The van der Waals surface area contributed by atoms with Gasteiger partial charge in [-0.05, 0) is 25.1 Å². The monoisotopic (exact) mass is 178 g/mol. The van der Waals surface area contributed by atoms with Crippen molar-refractivity contribution in [2.45, 2.75) is 6.92 Å². The maximum absolute atomic E-state index is 5.19. The van der Waals surface area contributed by atoms with Gasteiger partial charge in [0.05, 0.1) is 14.2 Å². The van der Waals surface area contributed by atoms with E-state index in [1.807, 2.05) is 37.3 Å². The molecule has 0 aliphatic rings. The molecule has 0 saturated carbocycles. The lowest BCUT2D eigenvalue weighted by molar-refractivity contribution is 0.402. The van der Waals surface area contributed by atoms with E-state index in [1.165, 1.54) is 0 Å². The highest BCUT2D eigenvalue weighted by molar-refractivity contribution is 5.59. The molecular formula is C11H14O2. The molecule has 0 bridgehead atoms. The van der Waals surface area contributed by atoms with Crippen LogP contribution in [0.5, 0.6) is 11.5 Å². The fraction of sp³-hybridized carbons (Fsp3) is 0.273. The van der Waals surface area contributed by atoms with Gasteiger partial charge in [-0.2, -0.15) is 0 Å². The zero-order chi connectivity index (χ0) is 9.68. The average molecular weight is 178 g/mol. The van der Waals surface area contributed by atoms with Gasteiger partial charge >= 0.3 is 0 Å². The lowest BCUT2D eigenvalue weighted by Crippen LogP contribution is -1.88. The van der Waals surface area contributed by atoms with Gasteiger partial charge in [-0.25, -0.2) is 0 Å². The van der Waals surface area contributed by atoms with Gasteiger partial charge < -0.3 is 9.47 Å². The zero-order valence-corrected chi connectivity index (χ0v) is 8.20. The smallest absolute Gasteiger partial charge is 0.126 e. The van der Waals surface area contributed by atoms with Crippen LogP contribution in [0.2, 0.25) is 0 Å². The SMILES string of the molecule is CC=Cc1cc(OC)ccc1OC. The average Bonchev–Trinajstić information content (AvgIpc) is 2.18. The molecule has 1 rings (SSSR count). The highest BCUT2D eigenvalue weighted by atomic mass is 16.5. The number of ether oxygens (including phenoxy) is 2. The Morgan fingerprint density at radius 3 is 2.46 bits per heavy atom. The van der Waals surface area contributed by atoms with Gasteiger partial charge in [-0.15, -0.1) is 0 Å². The molecule has 13 heavy (non-hydrogen) atoms. The van der Waals surface area contributed by atoms with Crippen molar-refractivity contribution >= 4 is 6.08 Å². The molecule has 0 spiro atoms. The molecule has 0 heterocycles. The number of hydrogen-bond donors (Lipinski definition) is 0. The minimum Gasteiger partial charge on any atom is -0.497 e. The summed E-state index contributed by atoms with van der Waals surface area (Å²) in [6, 6.07) is 5.72. The van der Waals surface area contributed by atoms with Gasteiger partial charge in [-0.1, -0.05) is 12.2 Å². The van der Waals surface area contributed by atoms with Crippen molar-refractivity contribution in [2.24, 2.45) is 0 Å². The fourth-order valence-corrected chi connectivity index (χ4v) is 1.15. The molecule has 1 aromatic rings. The molecule has 0 aliphatic carbocycles. The van der Waals surface area contributed by atoms with E-state index in [4.69, 9.17) is 9.47 Å². The number of rotatable bonds is 3. The summed E-state index contributed by atoms with van der Waals surface area (Å²) in [6.07, 6.45) is 3.96. The van der Waals surface area contributed by atoms with E-state index in [1.54, 1.807) is 14.2 Å². The minimum atomic E-state index is 0.842. The number of methoxy groups -OCH3 is 2. The van der Waals surface area contributed by atoms with Gasteiger partial charge in [0, 0.05) is 5.56 Å². The first-order valence-corrected chi connectivity index (χ1v) is 4.16. The van der Waals surface area contributed by atoms with E-state index in [0.717, 1.165) is 17.1 Å². The second kappa shape index (κ2) is 4.55. The number of hydrogen-bond acceptors (Lipinski definition) is 2. The molecule has 70 valence electrons. The van der Waals surface area contributed by atoms with Crippen LogP contribution < -0.4 is 9.47 Å². The van der Waals surface area contributed by atoms with E-state index in [-0.39, 0.29) is 0 Å². The van der Waals surface area contributed by atoms with Crippen LogP contribution >= 0.6 is 0 Å². The molecule has 0 fully saturated rings. The molecule has 1 aromatic carbocycles. The predicted molar refractivity (Wildman–Crippen MR) is 54.3 cm³/mol. The molecule has 0 unspecified atom stereocenters. The van der Waals surface area contributed by atoms with Gasteiger partial charge in [0.15, 0.2) is 0 Å². The third-order valence-corrected chi connectivity index (χ3v) is 1.78. The lowest BCUT2D eigenvalue weighted by Gasteiger charge is -2.06. The van der Waals surface area contributed by atoms with Crippen molar-refractivity contribution in [3.05, 3.63) is 29.8 Å². The molecule has 0 aromatic heterocycles. The second-order valence-corrected chi connectivity index (χ2v) is 2.61. The van der Waals surface area contributed by atoms with E-state index in [9.17, 15) is 0 Å². The normalized spacial score (nSPS) is 10.4. The van der Waals surface area contributed by atoms with Gasteiger partial charge in [-0.3, -0.25) is 0 Å². The summed E-state index contributed by atoms with van der Waals surface area (Å²) in [4.78, 5) is 0. The molecule has 0 aliphatic heterocycles. The fourth-order valence-electron chi connectivity index (χ4n) is 1.15. The van der Waals surface area contributed by atoms with Gasteiger partial charge in [0.2, 0.25) is 0 Å². The summed E-state index contributed by atoms with van der Waals surface area (Å²) in [6.45, 7) is 1.97. The summed E-state index contributed by atoms with van der Waals surface area (Å²) >= 11 is 0. The highest BCUT2D eigenvalue weighted by Crippen LogP contribution is 2.24. The van der Waals surface area contributed by atoms with Crippen molar-refractivity contribution in [1.29, 1.82) is 0 Å². The third kappa shape index (κ3) is 2.25. The molecular weight excluding hydrogens is 164 g/mol. The van der Waals surface area contributed by atoms with Crippen molar-refractivity contribution in [1.82, 2.24) is 0 Å². The van der Waals surface area contributed by atoms with Gasteiger partial charge in [0.1, 0.15) is 11.5 Å². The molecule has 0 N–H and O–H groups in total. The van der Waals surface area contributed by atoms with Crippen molar-refractivity contribution in [2.75, 3.05) is 14.2 Å². The Morgan fingerprint density at radius 2 is 1.92 bits per heavy atom. The summed E-state index contributed by atoms with van der Waals surface area (Å²) in [5.41, 5.74) is 1.03. The highest BCUT2D eigenvalue weighted by Gasteiger charge is 2.00. The quantitative estimate of drug-likeness (QED) is 0.708. The first-order valence-electron chi connectivity index (χ1n) is 4.16. The van der Waals surface area contributed by atoms with Crippen LogP contribution in [0.1, 0.15) is 12.5 Å². The molecule has 2 nitrogen and oxygen atoms in total. The molecule has 0 saturated heterocycles. The van der Waals surface area contributed by atoms with Gasteiger partial charge in [0.25, 0.3) is 0 Å². The molecule has 0 atom stereocenters. The Balaban J connectivity index is 3.09. The second-order valence-electron chi connectivity index (χ2n) is 2.61. The van der Waals surface area contributed by atoms with E-state index >= 15 is 0 Å². The van der Waals surface area contributed by atoms with E-state index in [2.05, 4.69) is 0 Å². The summed E-state index contributed by atoms with van der Waals surface area (Å²) in [7, 11) is 3.32. The minimum absolute atomic E-state index is 0.842. The Bertz CT molecular complexity index is 303. The van der Waals surface area contributed by atoms with Crippen LogP contribution in [0.4, 0.5) is 0 Å². The molecule has 0 amide bonds. The number of allylic oxidation sites excluding steroid dienone is 1. The van der Waals surface area contributed by atoms with Crippen LogP contribution in [0.3, 0.4) is 0 Å². The van der Waals surface area contributed by atoms with Crippen LogP contribution in [0.15, 0.2) is 24.3 Å². The zero-order valence-electron chi connectivity index (χ0n) is 8.20. The van der Waals surface area contributed by atoms with E-state index < -0.39 is 0 Å². The summed E-state index contributed by atoms with van der Waals surface area (Å²) in [5.74, 6) is 1.70. The predicted octanol–water partition coefficient (Wildman–Crippen LogP) is 2.74. The van der Waals surface area contributed by atoms with Crippen molar-refractivity contribution < 1.29 is 9.47 Å². The topological polar surface area (TPSA) is 18.5 Å². The lowest BCUT2D eigenvalue weighted by atomic mass is 10.2. The standard InChI is InChI=1S/C11H14O2/c1-4-5-9-8-10(12-2)6-7-11(9)13-3/h4-8H,1-3H3. The van der Waals surface area contributed by atoms with Crippen LogP contribution in [-0.4, -0.2) is 14.2 Å². The Kier molecular flexibility index (Phi) is 3.38.